The molecule has 0 aliphatic carbocycles. The molecule has 1 atom stereocenters. The monoisotopic (exact) mass is 424 g/mol. The molecular weight excluding hydrogens is 368 g/mol. The van der Waals surface area contributed by atoms with E-state index in [1.165, 1.54) is 103 Å². The van der Waals surface area contributed by atoms with E-state index < -0.39 is 0 Å². The lowest BCUT2D eigenvalue weighted by atomic mass is 10.0. The maximum atomic E-state index is 12.2. The Hall–Kier alpha value is -0.570. The van der Waals surface area contributed by atoms with Crippen molar-refractivity contribution in [1.82, 2.24) is 10.2 Å². The molecule has 0 bridgehead atoms. The highest BCUT2D eigenvalue weighted by Crippen LogP contribution is 2.14. The maximum Gasteiger partial charge on any atom is 0.221 e. The number of amides is 1. The molecule has 0 spiro atoms. The second kappa shape index (κ2) is 23.1. The number of nitrogens with one attached hydrogen (secondary N) is 1. The lowest BCUT2D eigenvalue weighted by molar-refractivity contribution is -0.123. The van der Waals surface area contributed by atoms with Gasteiger partial charge in [-0.1, -0.05) is 130 Å². The first-order valence-electron chi connectivity index (χ1n) is 13.7. The van der Waals surface area contributed by atoms with Crippen molar-refractivity contribution in [1.29, 1.82) is 0 Å². The normalized spacial score (nSPS) is 12.4. The molecule has 0 saturated heterocycles. The summed E-state index contributed by atoms with van der Waals surface area (Å²) < 4.78 is 0. The number of nitrogens with zero attached hydrogens (tertiary/aromatic N) is 1. The van der Waals surface area contributed by atoms with E-state index >= 15 is 0 Å². The van der Waals surface area contributed by atoms with Gasteiger partial charge in [0.25, 0.3) is 0 Å². The summed E-state index contributed by atoms with van der Waals surface area (Å²) >= 11 is 0. The van der Waals surface area contributed by atoms with Gasteiger partial charge in [0, 0.05) is 6.42 Å². The van der Waals surface area contributed by atoms with E-state index in [1.807, 2.05) is 0 Å². The summed E-state index contributed by atoms with van der Waals surface area (Å²) in [5, 5.41) is 3.21. The van der Waals surface area contributed by atoms with Crippen LogP contribution >= 0.6 is 0 Å². The molecule has 0 aromatic rings. The van der Waals surface area contributed by atoms with Gasteiger partial charge < -0.3 is 5.32 Å². The predicted molar refractivity (Wildman–Crippen MR) is 134 cm³/mol. The van der Waals surface area contributed by atoms with Crippen molar-refractivity contribution >= 4 is 5.91 Å². The average molecular weight is 425 g/mol. The van der Waals surface area contributed by atoms with Crippen LogP contribution in [0.25, 0.3) is 0 Å². The first-order chi connectivity index (χ1) is 14.7. The fourth-order valence-corrected chi connectivity index (χ4v) is 4.38. The molecule has 0 aromatic carbocycles. The highest BCUT2D eigenvalue weighted by Gasteiger charge is 2.15. The second-order valence-electron chi connectivity index (χ2n) is 9.12. The van der Waals surface area contributed by atoms with Gasteiger partial charge in [0.1, 0.15) is 0 Å². The van der Waals surface area contributed by atoms with E-state index in [4.69, 9.17) is 0 Å². The molecule has 0 heterocycles. The Morgan fingerprint density at radius 2 is 0.967 bits per heavy atom. The maximum absolute atomic E-state index is 12.2. The molecule has 1 unspecified atom stereocenters. The van der Waals surface area contributed by atoms with Gasteiger partial charge in [-0.3, -0.25) is 9.69 Å². The minimum Gasteiger partial charge on any atom is -0.341 e. The third-order valence-corrected chi connectivity index (χ3v) is 6.47. The molecule has 3 heteroatoms. The average Bonchev–Trinajstić information content (AvgIpc) is 2.75. The lowest BCUT2D eigenvalue weighted by Gasteiger charge is -2.29. The largest absolute Gasteiger partial charge is 0.341 e. The van der Waals surface area contributed by atoms with Crippen molar-refractivity contribution in [3.8, 4) is 0 Å². The second-order valence-corrected chi connectivity index (χ2v) is 9.12. The van der Waals surface area contributed by atoms with Crippen LogP contribution in [0.4, 0.5) is 0 Å². The Bertz CT molecular complexity index is 355. The van der Waals surface area contributed by atoms with E-state index in [0.29, 0.717) is 6.42 Å². The van der Waals surface area contributed by atoms with Gasteiger partial charge in [-0.05, 0) is 25.9 Å². The Kier molecular flexibility index (Phi) is 22.7. The lowest BCUT2D eigenvalue weighted by Crippen LogP contribution is -2.47. The summed E-state index contributed by atoms with van der Waals surface area (Å²) in [4.78, 5) is 14.5. The minimum atomic E-state index is 0.207. The SMILES string of the molecule is CCCCCCCCCCCCCCCCCCCC(=O)NC(CC)N(CC)CC. The number of unbranched alkanes of at least 4 members (excludes halogenated alkanes) is 16. The van der Waals surface area contributed by atoms with Crippen molar-refractivity contribution in [2.24, 2.45) is 0 Å². The summed E-state index contributed by atoms with van der Waals surface area (Å²) in [6.45, 7) is 10.8. The Morgan fingerprint density at radius 1 is 0.600 bits per heavy atom. The van der Waals surface area contributed by atoms with Gasteiger partial charge in [0.05, 0.1) is 6.17 Å². The standard InChI is InChI=1S/C27H56N2O/c1-5-9-10-11-12-13-14-15-16-17-18-19-20-21-22-23-24-25-27(30)28-26(6-2)29(7-3)8-4/h26H,5-25H2,1-4H3,(H,28,30). The van der Waals surface area contributed by atoms with Crippen LogP contribution in [0.3, 0.4) is 0 Å². The first kappa shape index (κ1) is 29.4. The number of carbonyl (C=O) groups excluding carboxylic acids is 1. The van der Waals surface area contributed by atoms with Crippen LogP contribution in [-0.2, 0) is 4.79 Å². The zero-order chi connectivity index (χ0) is 22.3. The number of hydrogen-bond donors (Lipinski definition) is 1. The van der Waals surface area contributed by atoms with Gasteiger partial charge in [0.15, 0.2) is 0 Å². The van der Waals surface area contributed by atoms with Gasteiger partial charge in [0.2, 0.25) is 5.91 Å². The van der Waals surface area contributed by atoms with E-state index in [0.717, 1.165) is 25.9 Å². The molecule has 0 rings (SSSR count). The summed E-state index contributed by atoms with van der Waals surface area (Å²) in [7, 11) is 0. The Labute approximate surface area is 190 Å². The molecule has 180 valence electrons. The van der Waals surface area contributed by atoms with Crippen LogP contribution in [0.15, 0.2) is 0 Å². The Morgan fingerprint density at radius 3 is 1.30 bits per heavy atom. The molecule has 0 saturated carbocycles. The van der Waals surface area contributed by atoms with Crippen LogP contribution < -0.4 is 5.32 Å². The third kappa shape index (κ3) is 18.2. The molecule has 1 amide bonds. The van der Waals surface area contributed by atoms with Crippen LogP contribution in [0, 0.1) is 0 Å². The van der Waals surface area contributed by atoms with Gasteiger partial charge in [-0.2, -0.15) is 0 Å². The highest BCUT2D eigenvalue weighted by molar-refractivity contribution is 5.76. The van der Waals surface area contributed by atoms with Crippen molar-refractivity contribution < 1.29 is 4.79 Å². The molecule has 0 aromatic heterocycles. The molecule has 0 radical (unpaired) electrons. The molecule has 30 heavy (non-hydrogen) atoms. The summed E-state index contributed by atoms with van der Waals surface area (Å²) in [6, 6.07) is 0. The van der Waals surface area contributed by atoms with E-state index in [2.05, 4.69) is 37.9 Å². The smallest absolute Gasteiger partial charge is 0.221 e. The molecule has 3 nitrogen and oxygen atoms in total. The van der Waals surface area contributed by atoms with Crippen LogP contribution in [0.5, 0.6) is 0 Å². The summed E-state index contributed by atoms with van der Waals surface area (Å²) in [6.07, 6.45) is 25.3. The fraction of sp³-hybridized carbons (Fsp3) is 0.963. The third-order valence-electron chi connectivity index (χ3n) is 6.47. The fourth-order valence-electron chi connectivity index (χ4n) is 4.38. The minimum absolute atomic E-state index is 0.207. The van der Waals surface area contributed by atoms with E-state index in [-0.39, 0.29) is 12.1 Å². The van der Waals surface area contributed by atoms with Gasteiger partial charge in [-0.15, -0.1) is 0 Å². The van der Waals surface area contributed by atoms with Crippen molar-refractivity contribution in [3.63, 3.8) is 0 Å². The summed E-state index contributed by atoms with van der Waals surface area (Å²) in [5.74, 6) is 0.231. The van der Waals surface area contributed by atoms with Crippen LogP contribution in [-0.4, -0.2) is 30.1 Å². The van der Waals surface area contributed by atoms with Gasteiger partial charge in [-0.25, -0.2) is 0 Å². The predicted octanol–water partition coefficient (Wildman–Crippen LogP) is 8.22. The highest BCUT2D eigenvalue weighted by atomic mass is 16.1. The number of rotatable bonds is 23. The van der Waals surface area contributed by atoms with E-state index in [9.17, 15) is 4.79 Å². The van der Waals surface area contributed by atoms with Gasteiger partial charge >= 0.3 is 0 Å². The number of hydrogen-bond acceptors (Lipinski definition) is 2. The molecule has 1 N–H and O–H groups in total. The summed E-state index contributed by atoms with van der Waals surface area (Å²) in [5.41, 5.74) is 0. The van der Waals surface area contributed by atoms with Crippen LogP contribution in [0.1, 0.15) is 150 Å². The quantitative estimate of drug-likeness (QED) is 0.132. The number of carbonyl (C=O) groups is 1. The molecule has 0 aliphatic heterocycles. The molecule has 0 fully saturated rings. The van der Waals surface area contributed by atoms with E-state index in [1.54, 1.807) is 0 Å². The molecule has 0 aliphatic rings. The van der Waals surface area contributed by atoms with Crippen molar-refractivity contribution in [2.45, 2.75) is 156 Å². The zero-order valence-corrected chi connectivity index (χ0v) is 21.3. The Balaban J connectivity index is 3.35. The van der Waals surface area contributed by atoms with Crippen molar-refractivity contribution in [2.75, 3.05) is 13.1 Å². The molecular formula is C27H56N2O. The first-order valence-corrected chi connectivity index (χ1v) is 13.7. The topological polar surface area (TPSA) is 32.3 Å². The zero-order valence-electron chi connectivity index (χ0n) is 21.3. The van der Waals surface area contributed by atoms with Crippen LogP contribution in [0.2, 0.25) is 0 Å². The van der Waals surface area contributed by atoms with Crippen molar-refractivity contribution in [3.05, 3.63) is 0 Å².